The third kappa shape index (κ3) is 3.52. The number of amides is 1. The van der Waals surface area contributed by atoms with Crippen LogP contribution >= 0.6 is 11.3 Å². The van der Waals surface area contributed by atoms with Crippen molar-refractivity contribution in [1.29, 1.82) is 0 Å². The fourth-order valence-electron chi connectivity index (χ4n) is 2.72. The molecular formula is C21H16FN3OS. The molecule has 4 aromatic rings. The van der Waals surface area contributed by atoms with Crippen LogP contribution in [0.3, 0.4) is 0 Å². The molecule has 0 saturated carbocycles. The molecule has 2 aromatic carbocycles. The van der Waals surface area contributed by atoms with Gasteiger partial charge in [0.1, 0.15) is 17.2 Å². The fourth-order valence-corrected chi connectivity index (χ4v) is 3.40. The molecule has 134 valence electrons. The van der Waals surface area contributed by atoms with Crippen LogP contribution in [0.4, 0.5) is 10.1 Å². The second-order valence-electron chi connectivity index (χ2n) is 6.06. The van der Waals surface area contributed by atoms with Crippen LogP contribution < -0.4 is 5.32 Å². The molecule has 0 radical (unpaired) electrons. The molecule has 0 aliphatic rings. The van der Waals surface area contributed by atoms with E-state index < -0.39 is 0 Å². The fraction of sp³-hybridized carbons (Fsp3) is 0.0476. The normalized spacial score (nSPS) is 10.7. The van der Waals surface area contributed by atoms with Crippen LogP contribution in [0.15, 0.2) is 72.1 Å². The minimum atomic E-state index is -0.358. The summed E-state index contributed by atoms with van der Waals surface area (Å²) in [7, 11) is 0. The van der Waals surface area contributed by atoms with Gasteiger partial charge >= 0.3 is 0 Å². The van der Waals surface area contributed by atoms with Crippen LogP contribution in [-0.2, 0) is 0 Å². The maximum absolute atomic E-state index is 13.8. The van der Waals surface area contributed by atoms with E-state index in [1.807, 2.05) is 47.8 Å². The van der Waals surface area contributed by atoms with Crippen LogP contribution in [-0.4, -0.2) is 15.7 Å². The molecule has 2 heterocycles. The van der Waals surface area contributed by atoms with Crippen molar-refractivity contribution in [3.63, 3.8) is 0 Å². The maximum atomic E-state index is 13.8. The predicted octanol–water partition coefficient (Wildman–Crippen LogP) is 5.30. The number of carbonyl (C=O) groups excluding carboxylic acids is 1. The van der Waals surface area contributed by atoms with Crippen LogP contribution in [0.2, 0.25) is 0 Å². The van der Waals surface area contributed by atoms with Crippen molar-refractivity contribution in [3.05, 3.63) is 89.2 Å². The highest BCUT2D eigenvalue weighted by Gasteiger charge is 2.18. The van der Waals surface area contributed by atoms with Gasteiger partial charge in [0.2, 0.25) is 0 Å². The van der Waals surface area contributed by atoms with Crippen molar-refractivity contribution >= 4 is 22.9 Å². The van der Waals surface area contributed by atoms with Gasteiger partial charge in [0.05, 0.1) is 10.6 Å². The van der Waals surface area contributed by atoms with Gasteiger partial charge in [0.15, 0.2) is 0 Å². The zero-order chi connectivity index (χ0) is 18.8. The summed E-state index contributed by atoms with van der Waals surface area (Å²) in [4.78, 5) is 13.9. The van der Waals surface area contributed by atoms with E-state index in [4.69, 9.17) is 0 Å². The third-order valence-electron chi connectivity index (χ3n) is 4.15. The number of hydrogen-bond acceptors (Lipinski definition) is 3. The van der Waals surface area contributed by atoms with Gasteiger partial charge < -0.3 is 5.32 Å². The van der Waals surface area contributed by atoms with Gasteiger partial charge in [0.25, 0.3) is 5.91 Å². The standard InChI is InChI=1S/C21H16FN3OS/c1-14-9-10-15(12-17(14)22)23-21(26)19-13-18(20-8-5-11-27-20)24-25(19)16-6-3-2-4-7-16/h2-13H,1H3,(H,23,26). The molecule has 0 unspecified atom stereocenters. The Morgan fingerprint density at radius 2 is 1.89 bits per heavy atom. The Hall–Kier alpha value is -3.25. The van der Waals surface area contributed by atoms with Crippen molar-refractivity contribution in [2.75, 3.05) is 5.32 Å². The summed E-state index contributed by atoms with van der Waals surface area (Å²) in [6.45, 7) is 1.68. The van der Waals surface area contributed by atoms with Gasteiger partial charge in [-0.1, -0.05) is 30.3 Å². The minimum Gasteiger partial charge on any atom is -0.321 e. The summed E-state index contributed by atoms with van der Waals surface area (Å²) in [5, 5.41) is 9.33. The molecule has 4 rings (SSSR count). The van der Waals surface area contributed by atoms with E-state index in [9.17, 15) is 9.18 Å². The van der Waals surface area contributed by atoms with Crippen molar-refractivity contribution in [2.24, 2.45) is 0 Å². The number of hydrogen-bond donors (Lipinski definition) is 1. The van der Waals surface area contributed by atoms with E-state index in [0.29, 0.717) is 22.6 Å². The Bertz CT molecular complexity index is 1090. The number of rotatable bonds is 4. The van der Waals surface area contributed by atoms with Crippen molar-refractivity contribution in [2.45, 2.75) is 6.92 Å². The maximum Gasteiger partial charge on any atom is 0.274 e. The number of benzene rings is 2. The van der Waals surface area contributed by atoms with Crippen LogP contribution in [0.5, 0.6) is 0 Å². The second kappa shape index (κ2) is 7.17. The first-order valence-electron chi connectivity index (χ1n) is 8.39. The Morgan fingerprint density at radius 1 is 1.07 bits per heavy atom. The summed E-state index contributed by atoms with van der Waals surface area (Å²) >= 11 is 1.56. The minimum absolute atomic E-state index is 0.350. The average Bonchev–Trinajstić information content (AvgIpc) is 3.35. The lowest BCUT2D eigenvalue weighted by Gasteiger charge is -2.09. The summed E-state index contributed by atoms with van der Waals surface area (Å²) in [6, 6.07) is 19.7. The van der Waals surface area contributed by atoms with Gasteiger partial charge in [-0.15, -0.1) is 11.3 Å². The molecule has 1 amide bonds. The van der Waals surface area contributed by atoms with E-state index in [0.717, 1.165) is 10.6 Å². The zero-order valence-corrected chi connectivity index (χ0v) is 15.3. The highest BCUT2D eigenvalue weighted by molar-refractivity contribution is 7.13. The second-order valence-corrected chi connectivity index (χ2v) is 7.01. The van der Waals surface area contributed by atoms with Gasteiger partial charge in [-0.2, -0.15) is 5.10 Å². The number of anilines is 1. The molecule has 0 bridgehead atoms. The largest absolute Gasteiger partial charge is 0.321 e. The van der Waals surface area contributed by atoms with Crippen molar-refractivity contribution in [1.82, 2.24) is 9.78 Å². The molecule has 2 aromatic heterocycles. The number of thiophene rings is 1. The number of nitrogens with one attached hydrogen (secondary N) is 1. The summed E-state index contributed by atoms with van der Waals surface area (Å²) < 4.78 is 15.4. The Morgan fingerprint density at radius 3 is 2.59 bits per heavy atom. The molecule has 0 atom stereocenters. The van der Waals surface area contributed by atoms with E-state index >= 15 is 0 Å². The predicted molar refractivity (Wildman–Crippen MR) is 106 cm³/mol. The molecule has 6 heteroatoms. The van der Waals surface area contributed by atoms with Crippen molar-refractivity contribution in [3.8, 4) is 16.3 Å². The smallest absolute Gasteiger partial charge is 0.274 e. The summed E-state index contributed by atoms with van der Waals surface area (Å²) in [6.07, 6.45) is 0. The van der Waals surface area contributed by atoms with E-state index in [1.165, 1.54) is 6.07 Å². The topological polar surface area (TPSA) is 46.9 Å². The lowest BCUT2D eigenvalue weighted by molar-refractivity contribution is 0.101. The molecule has 0 aliphatic heterocycles. The van der Waals surface area contributed by atoms with E-state index in [-0.39, 0.29) is 11.7 Å². The summed E-state index contributed by atoms with van der Waals surface area (Å²) in [5.41, 5.74) is 2.81. The molecule has 1 N–H and O–H groups in total. The SMILES string of the molecule is Cc1ccc(NC(=O)c2cc(-c3cccs3)nn2-c2ccccc2)cc1F. The number of carbonyl (C=O) groups is 1. The first-order chi connectivity index (χ1) is 13.1. The van der Waals surface area contributed by atoms with Gasteiger partial charge in [0, 0.05) is 5.69 Å². The number of para-hydroxylation sites is 1. The molecular weight excluding hydrogens is 361 g/mol. The summed E-state index contributed by atoms with van der Waals surface area (Å²) in [5.74, 6) is -0.707. The zero-order valence-electron chi connectivity index (χ0n) is 14.5. The Kier molecular flexibility index (Phi) is 4.56. The first-order valence-corrected chi connectivity index (χ1v) is 9.26. The van der Waals surface area contributed by atoms with Crippen molar-refractivity contribution < 1.29 is 9.18 Å². The molecule has 4 nitrogen and oxygen atoms in total. The first kappa shape index (κ1) is 17.2. The molecule has 0 aliphatic carbocycles. The van der Waals surface area contributed by atoms with Gasteiger partial charge in [-0.05, 0) is 54.3 Å². The quantitative estimate of drug-likeness (QED) is 0.524. The molecule has 0 saturated heterocycles. The van der Waals surface area contributed by atoms with Gasteiger partial charge in [-0.3, -0.25) is 4.79 Å². The highest BCUT2D eigenvalue weighted by Crippen LogP contribution is 2.26. The monoisotopic (exact) mass is 377 g/mol. The molecule has 27 heavy (non-hydrogen) atoms. The molecule has 0 spiro atoms. The van der Waals surface area contributed by atoms with E-state index in [2.05, 4.69) is 10.4 Å². The number of nitrogens with zero attached hydrogens (tertiary/aromatic N) is 2. The Labute approximate surface area is 159 Å². The van der Waals surface area contributed by atoms with Crippen LogP contribution in [0.1, 0.15) is 16.1 Å². The lowest BCUT2D eigenvalue weighted by atomic mass is 10.2. The third-order valence-corrected chi connectivity index (χ3v) is 5.04. The van der Waals surface area contributed by atoms with Crippen LogP contribution in [0, 0.1) is 12.7 Å². The average molecular weight is 377 g/mol. The highest BCUT2D eigenvalue weighted by atomic mass is 32.1. The number of aromatic nitrogens is 2. The van der Waals surface area contributed by atoms with E-state index in [1.54, 1.807) is 41.1 Å². The number of halogens is 1. The van der Waals surface area contributed by atoms with Crippen LogP contribution in [0.25, 0.3) is 16.3 Å². The lowest BCUT2D eigenvalue weighted by Crippen LogP contribution is -2.17. The van der Waals surface area contributed by atoms with Gasteiger partial charge in [-0.25, -0.2) is 9.07 Å². The number of aryl methyl sites for hydroxylation is 1. The Balaban J connectivity index is 1.73. The molecule has 0 fully saturated rings.